The highest BCUT2D eigenvalue weighted by molar-refractivity contribution is 6.31. The molecule has 1 aromatic carbocycles. The summed E-state index contributed by atoms with van der Waals surface area (Å²) in [5.41, 5.74) is 7.24. The van der Waals surface area contributed by atoms with Gasteiger partial charge < -0.3 is 16.3 Å². The second-order valence-electron chi connectivity index (χ2n) is 5.89. The molecule has 1 saturated carbocycles. The fraction of sp³-hybridized carbons (Fsp3) is 0.562. The average molecular weight is 310 g/mol. The number of hydrogen-bond donors (Lipinski definition) is 3. The van der Waals surface area contributed by atoms with Gasteiger partial charge in [0, 0.05) is 23.2 Å². The zero-order chi connectivity index (χ0) is 15.2. The van der Waals surface area contributed by atoms with Crippen molar-refractivity contribution in [3.8, 4) is 0 Å². The number of halogens is 1. The number of nitrogens with zero attached hydrogens (tertiary/aromatic N) is 1. The normalized spacial score (nSPS) is 23.8. The third kappa shape index (κ3) is 4.35. The summed E-state index contributed by atoms with van der Waals surface area (Å²) in [5.74, 6) is 0.788. The van der Waals surface area contributed by atoms with E-state index in [1.807, 2.05) is 12.1 Å². The zero-order valence-corrected chi connectivity index (χ0v) is 13.2. The fourth-order valence-electron chi connectivity index (χ4n) is 2.95. The van der Waals surface area contributed by atoms with E-state index in [1.54, 1.807) is 6.07 Å². The van der Waals surface area contributed by atoms with Gasteiger partial charge in [0.05, 0.1) is 0 Å². The number of nitrogens with two attached hydrogens (primary N) is 1. The molecule has 1 aromatic rings. The van der Waals surface area contributed by atoms with Gasteiger partial charge in [-0.05, 0) is 30.4 Å². The van der Waals surface area contributed by atoms with E-state index in [9.17, 15) is 0 Å². The van der Waals surface area contributed by atoms with Crippen LogP contribution in [0.2, 0.25) is 5.02 Å². The van der Waals surface area contributed by atoms with Crippen LogP contribution in [0.5, 0.6) is 0 Å². The molecule has 2 atom stereocenters. The van der Waals surface area contributed by atoms with E-state index < -0.39 is 0 Å². The summed E-state index contributed by atoms with van der Waals surface area (Å²) in [5, 5.41) is 16.0. The number of amidine groups is 1. The minimum absolute atomic E-state index is 0.0776. The first-order chi connectivity index (χ1) is 10.1. The summed E-state index contributed by atoms with van der Waals surface area (Å²) < 4.78 is 0. The summed E-state index contributed by atoms with van der Waals surface area (Å²) >= 11 is 6.28. The first-order valence-electron chi connectivity index (χ1n) is 7.61. The Morgan fingerprint density at radius 1 is 1.38 bits per heavy atom. The molecule has 5 heteroatoms. The zero-order valence-electron chi connectivity index (χ0n) is 12.5. The first-order valence-corrected chi connectivity index (χ1v) is 7.99. The summed E-state index contributed by atoms with van der Waals surface area (Å²) in [6.07, 6.45) is 6.53. The van der Waals surface area contributed by atoms with Gasteiger partial charge in [-0.15, -0.1) is 0 Å². The summed E-state index contributed by atoms with van der Waals surface area (Å²) in [4.78, 5) is 0. The van der Waals surface area contributed by atoms with Crippen LogP contribution in [0.4, 0.5) is 0 Å². The van der Waals surface area contributed by atoms with E-state index in [-0.39, 0.29) is 5.84 Å². The molecule has 1 fully saturated rings. The molecule has 116 valence electrons. The van der Waals surface area contributed by atoms with E-state index in [1.165, 1.54) is 32.1 Å². The highest BCUT2D eigenvalue weighted by Gasteiger charge is 2.19. The smallest absolute Gasteiger partial charge is 0.170 e. The lowest BCUT2D eigenvalue weighted by atomic mass is 9.96. The third-order valence-corrected chi connectivity index (χ3v) is 4.72. The molecule has 1 aliphatic carbocycles. The van der Waals surface area contributed by atoms with Crippen LogP contribution in [-0.4, -0.2) is 17.1 Å². The van der Waals surface area contributed by atoms with Crippen molar-refractivity contribution in [3.63, 3.8) is 0 Å². The van der Waals surface area contributed by atoms with Gasteiger partial charge in [-0.3, -0.25) is 0 Å². The maximum Gasteiger partial charge on any atom is 0.170 e. The van der Waals surface area contributed by atoms with Crippen molar-refractivity contribution in [2.24, 2.45) is 16.8 Å². The molecular formula is C16H24ClN3O. The highest BCUT2D eigenvalue weighted by atomic mass is 35.5. The lowest BCUT2D eigenvalue weighted by Crippen LogP contribution is -2.33. The maximum absolute atomic E-state index is 8.69. The molecule has 0 aliphatic heterocycles. The molecule has 0 spiro atoms. The average Bonchev–Trinajstić information content (AvgIpc) is 2.69. The fourth-order valence-corrected chi connectivity index (χ4v) is 3.19. The van der Waals surface area contributed by atoms with Crippen LogP contribution in [-0.2, 0) is 6.54 Å². The monoisotopic (exact) mass is 309 g/mol. The molecule has 0 saturated heterocycles. The minimum atomic E-state index is 0.0776. The van der Waals surface area contributed by atoms with Gasteiger partial charge in [-0.2, -0.15) is 0 Å². The van der Waals surface area contributed by atoms with Crippen molar-refractivity contribution in [3.05, 3.63) is 34.3 Å². The Hall–Kier alpha value is -1.26. The van der Waals surface area contributed by atoms with Crippen molar-refractivity contribution >= 4 is 17.4 Å². The first kappa shape index (κ1) is 16.1. The molecular weight excluding hydrogens is 286 g/mol. The van der Waals surface area contributed by atoms with Gasteiger partial charge in [0.1, 0.15) is 0 Å². The van der Waals surface area contributed by atoms with Crippen LogP contribution in [0.3, 0.4) is 0 Å². The van der Waals surface area contributed by atoms with Crippen molar-refractivity contribution in [1.82, 2.24) is 5.32 Å². The summed E-state index contributed by atoms with van der Waals surface area (Å²) in [6, 6.07) is 6.06. The minimum Gasteiger partial charge on any atom is -0.409 e. The standard InChI is InChI=1S/C16H24ClN3O/c1-11-5-3-2-4-6-15(11)19-10-13-8-7-12(9-14(13)17)16(18)20-21/h7-9,11,15,19,21H,2-6,10H2,1H3,(H2,18,20). The van der Waals surface area contributed by atoms with Gasteiger partial charge in [0.2, 0.25) is 0 Å². The highest BCUT2D eigenvalue weighted by Crippen LogP contribution is 2.24. The second-order valence-corrected chi connectivity index (χ2v) is 6.30. The molecule has 0 aromatic heterocycles. The molecule has 0 amide bonds. The number of hydrogen-bond acceptors (Lipinski definition) is 3. The van der Waals surface area contributed by atoms with E-state index in [0.29, 0.717) is 22.5 Å². The molecule has 4 N–H and O–H groups in total. The van der Waals surface area contributed by atoms with Gasteiger partial charge in [-0.1, -0.05) is 55.1 Å². The van der Waals surface area contributed by atoms with Crippen molar-refractivity contribution in [2.45, 2.75) is 51.6 Å². The predicted octanol–water partition coefficient (Wildman–Crippen LogP) is 3.49. The SMILES string of the molecule is CC1CCCCCC1NCc1ccc(/C(N)=N/O)cc1Cl. The van der Waals surface area contributed by atoms with Crippen LogP contribution in [0.1, 0.15) is 50.2 Å². The number of rotatable bonds is 4. The molecule has 0 bridgehead atoms. The van der Waals surface area contributed by atoms with Crippen LogP contribution >= 0.6 is 11.6 Å². The third-order valence-electron chi connectivity index (χ3n) is 4.37. The predicted molar refractivity (Wildman–Crippen MR) is 86.8 cm³/mol. The second kappa shape index (κ2) is 7.66. The van der Waals surface area contributed by atoms with Gasteiger partial charge >= 0.3 is 0 Å². The van der Waals surface area contributed by atoms with E-state index in [4.69, 9.17) is 22.5 Å². The lowest BCUT2D eigenvalue weighted by molar-refractivity contribution is 0.318. The van der Waals surface area contributed by atoms with Crippen molar-refractivity contribution in [1.29, 1.82) is 0 Å². The summed E-state index contributed by atoms with van der Waals surface area (Å²) in [7, 11) is 0. The molecule has 0 heterocycles. The number of benzene rings is 1. The van der Waals surface area contributed by atoms with Crippen molar-refractivity contribution < 1.29 is 5.21 Å². The van der Waals surface area contributed by atoms with E-state index in [0.717, 1.165) is 12.1 Å². The van der Waals surface area contributed by atoms with Crippen LogP contribution in [0, 0.1) is 5.92 Å². The van der Waals surface area contributed by atoms with E-state index in [2.05, 4.69) is 17.4 Å². The number of oxime groups is 1. The number of nitrogens with one attached hydrogen (secondary N) is 1. The summed E-state index contributed by atoms with van der Waals surface area (Å²) in [6.45, 7) is 3.08. The molecule has 4 nitrogen and oxygen atoms in total. The van der Waals surface area contributed by atoms with Gasteiger partial charge in [0.15, 0.2) is 5.84 Å². The molecule has 1 aliphatic rings. The Balaban J connectivity index is 1.99. The van der Waals surface area contributed by atoms with Crippen molar-refractivity contribution in [2.75, 3.05) is 0 Å². The lowest BCUT2D eigenvalue weighted by Gasteiger charge is -2.23. The largest absolute Gasteiger partial charge is 0.409 e. The van der Waals surface area contributed by atoms with Crippen LogP contribution in [0.15, 0.2) is 23.4 Å². The van der Waals surface area contributed by atoms with Crippen LogP contribution < -0.4 is 11.1 Å². The quantitative estimate of drug-likeness (QED) is 0.262. The Kier molecular flexibility index (Phi) is 5.88. The molecule has 2 unspecified atom stereocenters. The Labute approximate surface area is 131 Å². The van der Waals surface area contributed by atoms with Crippen LogP contribution in [0.25, 0.3) is 0 Å². The molecule has 2 rings (SSSR count). The Morgan fingerprint density at radius 3 is 2.86 bits per heavy atom. The Bertz CT molecular complexity index is 504. The topological polar surface area (TPSA) is 70.6 Å². The van der Waals surface area contributed by atoms with E-state index >= 15 is 0 Å². The van der Waals surface area contributed by atoms with Gasteiger partial charge in [0.25, 0.3) is 0 Å². The Morgan fingerprint density at radius 2 is 2.14 bits per heavy atom. The molecule has 21 heavy (non-hydrogen) atoms. The van der Waals surface area contributed by atoms with Gasteiger partial charge in [-0.25, -0.2) is 0 Å². The maximum atomic E-state index is 8.69. The molecule has 0 radical (unpaired) electrons.